The third-order valence-electron chi connectivity index (χ3n) is 5.30. The first-order chi connectivity index (χ1) is 15.9. The molecule has 7 heteroatoms. The summed E-state index contributed by atoms with van der Waals surface area (Å²) in [6.45, 7) is 2.25. The zero-order valence-corrected chi connectivity index (χ0v) is 19.6. The maximum Gasteiger partial charge on any atom is 0.240 e. The quantitative estimate of drug-likeness (QED) is 0.385. The average molecular weight is 504 g/mol. The van der Waals surface area contributed by atoms with Crippen molar-refractivity contribution < 1.29 is 9.59 Å². The van der Waals surface area contributed by atoms with E-state index in [9.17, 15) is 14.4 Å². The van der Waals surface area contributed by atoms with Gasteiger partial charge in [0.25, 0.3) is 0 Å². The molecule has 0 bridgehead atoms. The van der Waals surface area contributed by atoms with Gasteiger partial charge in [0.15, 0.2) is 5.78 Å². The van der Waals surface area contributed by atoms with Crippen LogP contribution in [0, 0.1) is 6.92 Å². The Morgan fingerprint density at radius 2 is 1.73 bits per heavy atom. The normalized spacial score (nSPS) is 10.8. The van der Waals surface area contributed by atoms with Gasteiger partial charge in [-0.2, -0.15) is 0 Å². The topological polar surface area (TPSA) is 81.1 Å². The number of aryl methyl sites for hydroxylation is 1. The minimum atomic E-state index is -0.397. The number of hydrogen-bond donors (Lipinski definition) is 1. The fourth-order valence-electron chi connectivity index (χ4n) is 3.60. The lowest BCUT2D eigenvalue weighted by Crippen LogP contribution is -2.31. The Hall–Kier alpha value is -3.58. The van der Waals surface area contributed by atoms with Crippen molar-refractivity contribution in [3.63, 3.8) is 0 Å². The van der Waals surface area contributed by atoms with Crippen LogP contribution in [0.15, 0.2) is 82.2 Å². The van der Waals surface area contributed by atoms with E-state index in [4.69, 9.17) is 0 Å². The molecular formula is C26H22BrN3O3. The number of benzene rings is 2. The summed E-state index contributed by atoms with van der Waals surface area (Å²) >= 11 is 3.35. The van der Waals surface area contributed by atoms with E-state index in [0.717, 1.165) is 10.0 Å². The molecule has 33 heavy (non-hydrogen) atoms. The summed E-state index contributed by atoms with van der Waals surface area (Å²) in [5.41, 5.74) is 2.23. The molecule has 0 saturated heterocycles. The second-order valence-corrected chi connectivity index (χ2v) is 8.66. The highest BCUT2D eigenvalue weighted by molar-refractivity contribution is 9.10. The summed E-state index contributed by atoms with van der Waals surface area (Å²) < 4.78 is 2.41. The molecular weight excluding hydrogens is 482 g/mol. The Morgan fingerprint density at radius 3 is 2.45 bits per heavy atom. The van der Waals surface area contributed by atoms with Crippen LogP contribution in [0.25, 0.3) is 11.0 Å². The molecule has 166 valence electrons. The number of nitrogens with zero attached hydrogens (tertiary/aromatic N) is 2. The lowest BCUT2D eigenvalue weighted by Gasteiger charge is -2.13. The standard InChI is InChI=1S/C26H22BrN3O3/c1-17-7-12-21-25(33)22(24(32)19-8-10-20(27)11-9-19)15-30(26(21)29-17)16-23(31)28-14-13-18-5-3-2-4-6-18/h2-12,15H,13-14,16H2,1H3,(H,28,31). The van der Waals surface area contributed by atoms with Crippen LogP contribution in [-0.2, 0) is 17.8 Å². The largest absolute Gasteiger partial charge is 0.354 e. The number of carbonyl (C=O) groups is 2. The zero-order chi connectivity index (χ0) is 23.4. The SMILES string of the molecule is Cc1ccc2c(=O)c(C(=O)c3ccc(Br)cc3)cn(CC(=O)NCCc3ccccc3)c2n1. The van der Waals surface area contributed by atoms with Crippen LogP contribution in [0.4, 0.5) is 0 Å². The molecule has 0 atom stereocenters. The Bertz CT molecular complexity index is 1380. The molecule has 4 aromatic rings. The number of ketones is 1. The number of aromatic nitrogens is 2. The average Bonchev–Trinajstić information content (AvgIpc) is 2.81. The highest BCUT2D eigenvalue weighted by atomic mass is 79.9. The summed E-state index contributed by atoms with van der Waals surface area (Å²) in [5, 5.41) is 3.21. The van der Waals surface area contributed by atoms with Gasteiger partial charge in [-0.25, -0.2) is 4.98 Å². The molecule has 0 spiro atoms. The van der Waals surface area contributed by atoms with Gasteiger partial charge in [0.05, 0.1) is 10.9 Å². The number of fused-ring (bicyclic) bond motifs is 1. The summed E-state index contributed by atoms with van der Waals surface area (Å²) in [6, 6.07) is 20.1. The van der Waals surface area contributed by atoms with Crippen molar-refractivity contribution in [3.05, 3.63) is 110 Å². The molecule has 0 aliphatic carbocycles. The molecule has 2 aromatic carbocycles. The molecule has 1 N–H and O–H groups in total. The molecule has 1 amide bonds. The van der Waals surface area contributed by atoms with E-state index in [1.54, 1.807) is 41.0 Å². The minimum Gasteiger partial charge on any atom is -0.354 e. The van der Waals surface area contributed by atoms with Crippen molar-refractivity contribution in [1.82, 2.24) is 14.9 Å². The molecule has 0 saturated carbocycles. The predicted molar refractivity (Wildman–Crippen MR) is 131 cm³/mol. The molecule has 2 aromatic heterocycles. The first-order valence-corrected chi connectivity index (χ1v) is 11.3. The lowest BCUT2D eigenvalue weighted by molar-refractivity contribution is -0.121. The second-order valence-electron chi connectivity index (χ2n) is 7.75. The third-order valence-corrected chi connectivity index (χ3v) is 5.83. The van der Waals surface area contributed by atoms with Crippen molar-refractivity contribution in [1.29, 1.82) is 0 Å². The Morgan fingerprint density at radius 1 is 1.00 bits per heavy atom. The molecule has 2 heterocycles. The first kappa shape index (κ1) is 22.6. The van der Waals surface area contributed by atoms with Crippen LogP contribution in [0.3, 0.4) is 0 Å². The van der Waals surface area contributed by atoms with Crippen LogP contribution >= 0.6 is 15.9 Å². The molecule has 0 unspecified atom stereocenters. The number of hydrogen-bond acceptors (Lipinski definition) is 4. The first-order valence-electron chi connectivity index (χ1n) is 10.5. The Labute approximate surface area is 199 Å². The van der Waals surface area contributed by atoms with Gasteiger partial charge in [-0.15, -0.1) is 0 Å². The van der Waals surface area contributed by atoms with Crippen LogP contribution in [0.1, 0.15) is 27.2 Å². The Kier molecular flexibility index (Phi) is 6.79. The molecule has 4 rings (SSSR count). The van der Waals surface area contributed by atoms with Gasteiger partial charge in [-0.05, 0) is 55.3 Å². The van der Waals surface area contributed by atoms with Gasteiger partial charge < -0.3 is 9.88 Å². The minimum absolute atomic E-state index is 0.00700. The summed E-state index contributed by atoms with van der Waals surface area (Å²) in [5.74, 6) is -0.616. The highest BCUT2D eigenvalue weighted by Crippen LogP contribution is 2.16. The molecule has 0 fully saturated rings. The van der Waals surface area contributed by atoms with Crippen LogP contribution < -0.4 is 10.7 Å². The van der Waals surface area contributed by atoms with E-state index in [0.29, 0.717) is 35.3 Å². The maximum atomic E-state index is 13.1. The van der Waals surface area contributed by atoms with Gasteiger partial charge in [0, 0.05) is 28.5 Å². The van der Waals surface area contributed by atoms with E-state index < -0.39 is 11.2 Å². The number of amides is 1. The predicted octanol–water partition coefficient (Wildman–Crippen LogP) is 4.06. The number of halogens is 1. The second kappa shape index (κ2) is 9.92. The number of pyridine rings is 2. The van der Waals surface area contributed by atoms with Crippen molar-refractivity contribution in [2.45, 2.75) is 19.9 Å². The van der Waals surface area contributed by atoms with E-state index in [-0.39, 0.29) is 18.0 Å². The van der Waals surface area contributed by atoms with E-state index in [2.05, 4.69) is 26.2 Å². The number of nitrogens with one attached hydrogen (secondary N) is 1. The van der Waals surface area contributed by atoms with Gasteiger partial charge in [0.1, 0.15) is 12.2 Å². The maximum absolute atomic E-state index is 13.1. The fraction of sp³-hybridized carbons (Fsp3) is 0.154. The van der Waals surface area contributed by atoms with E-state index >= 15 is 0 Å². The van der Waals surface area contributed by atoms with Crippen LogP contribution in [0.5, 0.6) is 0 Å². The van der Waals surface area contributed by atoms with E-state index in [1.807, 2.05) is 37.3 Å². The third kappa shape index (κ3) is 5.26. The monoisotopic (exact) mass is 503 g/mol. The smallest absolute Gasteiger partial charge is 0.240 e. The van der Waals surface area contributed by atoms with Crippen molar-refractivity contribution in [3.8, 4) is 0 Å². The Balaban J connectivity index is 1.63. The van der Waals surface area contributed by atoms with E-state index in [1.165, 1.54) is 6.20 Å². The van der Waals surface area contributed by atoms with Crippen molar-refractivity contribution in [2.24, 2.45) is 0 Å². The number of carbonyl (C=O) groups excluding carboxylic acids is 2. The van der Waals surface area contributed by atoms with Crippen molar-refractivity contribution in [2.75, 3.05) is 6.54 Å². The van der Waals surface area contributed by atoms with Crippen LogP contribution in [-0.4, -0.2) is 27.8 Å². The van der Waals surface area contributed by atoms with Crippen LogP contribution in [0.2, 0.25) is 0 Å². The van der Waals surface area contributed by atoms with Gasteiger partial charge >= 0.3 is 0 Å². The van der Waals surface area contributed by atoms with Gasteiger partial charge in [0.2, 0.25) is 11.3 Å². The molecule has 0 radical (unpaired) electrons. The number of rotatable bonds is 7. The highest BCUT2D eigenvalue weighted by Gasteiger charge is 2.19. The lowest BCUT2D eigenvalue weighted by atomic mass is 10.0. The summed E-state index contributed by atoms with van der Waals surface area (Å²) in [6.07, 6.45) is 2.15. The van der Waals surface area contributed by atoms with Gasteiger partial charge in [-0.1, -0.05) is 46.3 Å². The fourth-order valence-corrected chi connectivity index (χ4v) is 3.86. The molecule has 0 aliphatic heterocycles. The summed E-state index contributed by atoms with van der Waals surface area (Å²) in [7, 11) is 0. The molecule has 6 nitrogen and oxygen atoms in total. The van der Waals surface area contributed by atoms with Crippen molar-refractivity contribution >= 4 is 38.7 Å². The zero-order valence-electron chi connectivity index (χ0n) is 18.0. The van der Waals surface area contributed by atoms with Gasteiger partial charge in [-0.3, -0.25) is 14.4 Å². The summed E-state index contributed by atoms with van der Waals surface area (Å²) in [4.78, 5) is 43.4. The molecule has 0 aliphatic rings.